The summed E-state index contributed by atoms with van der Waals surface area (Å²) in [5, 5.41) is 19.4. The van der Waals surface area contributed by atoms with Crippen molar-refractivity contribution in [3.8, 4) is 0 Å². The fourth-order valence-corrected chi connectivity index (χ4v) is 4.21. The lowest BCUT2D eigenvalue weighted by Gasteiger charge is -2.34. The molecule has 6 nitrogen and oxygen atoms in total. The number of nitrogens with zero attached hydrogens (tertiary/aromatic N) is 1. The van der Waals surface area contributed by atoms with Gasteiger partial charge in [0.1, 0.15) is 17.5 Å². The highest BCUT2D eigenvalue weighted by Crippen LogP contribution is 2.28. The van der Waals surface area contributed by atoms with E-state index in [-0.39, 0.29) is 29.6 Å². The lowest BCUT2D eigenvalue weighted by atomic mass is 9.96. The number of rotatable bonds is 8. The van der Waals surface area contributed by atoms with E-state index in [0.717, 1.165) is 17.1 Å². The Morgan fingerprint density at radius 3 is 2.70 bits per heavy atom. The second-order valence-electron chi connectivity index (χ2n) is 8.14. The minimum atomic E-state index is -1.15. The summed E-state index contributed by atoms with van der Waals surface area (Å²) in [6.45, 7) is 2.42. The molecule has 2 aromatic carbocycles. The van der Waals surface area contributed by atoms with Crippen LogP contribution >= 0.6 is 0 Å². The molecule has 3 aromatic rings. The second-order valence-corrected chi connectivity index (χ2v) is 8.14. The van der Waals surface area contributed by atoms with Gasteiger partial charge in [-0.2, -0.15) is 0 Å². The predicted octanol–water partition coefficient (Wildman–Crippen LogP) is 4.07. The van der Waals surface area contributed by atoms with E-state index in [2.05, 4.69) is 20.9 Å². The zero-order valence-corrected chi connectivity index (χ0v) is 18.2. The largest absolute Gasteiger partial charge is 0.481 e. The fourth-order valence-electron chi connectivity index (χ4n) is 4.21. The van der Waals surface area contributed by atoms with E-state index in [9.17, 15) is 13.6 Å². The number of carbonyl (C=O) groups is 1. The van der Waals surface area contributed by atoms with Gasteiger partial charge in [-0.1, -0.05) is 30.3 Å². The van der Waals surface area contributed by atoms with E-state index in [1.807, 2.05) is 42.5 Å². The molecule has 2 heterocycles. The van der Waals surface area contributed by atoms with Crippen molar-refractivity contribution in [2.24, 2.45) is 0 Å². The van der Waals surface area contributed by atoms with Gasteiger partial charge in [0.15, 0.2) is 0 Å². The van der Waals surface area contributed by atoms with Crippen LogP contribution in [-0.4, -0.2) is 35.2 Å². The molecule has 8 heteroatoms. The third kappa shape index (κ3) is 5.12. The van der Waals surface area contributed by atoms with E-state index >= 15 is 0 Å². The Morgan fingerprint density at radius 2 is 1.94 bits per heavy atom. The Bertz CT molecular complexity index is 1140. The van der Waals surface area contributed by atoms with Gasteiger partial charge in [-0.25, -0.2) is 13.8 Å². The first-order valence-electron chi connectivity index (χ1n) is 10.9. The molecule has 0 amide bonds. The standard InChI is InChI=1S/C25H26F2N4O2/c1-15-22(26)17(12-18(23(15)27)13-21(32)33)9-11-28-24(16-6-3-2-4-7-16)20-14-30-19-8-5-10-29-25(19)31-20/h2-8,10,12,20,24,28,30H,9,11,13-14H2,1H3,(H,29,31)(H,32,33)/t20-,24-/m1/s1. The van der Waals surface area contributed by atoms with Gasteiger partial charge >= 0.3 is 5.97 Å². The van der Waals surface area contributed by atoms with Crippen LogP contribution in [0.4, 0.5) is 20.3 Å². The monoisotopic (exact) mass is 452 g/mol. The maximum Gasteiger partial charge on any atom is 0.307 e. The topological polar surface area (TPSA) is 86.3 Å². The van der Waals surface area contributed by atoms with Crippen LogP contribution in [0.5, 0.6) is 0 Å². The van der Waals surface area contributed by atoms with Crippen molar-refractivity contribution in [1.29, 1.82) is 0 Å². The number of halogens is 2. The lowest BCUT2D eigenvalue weighted by Crippen LogP contribution is -2.44. The van der Waals surface area contributed by atoms with Crippen LogP contribution < -0.4 is 16.0 Å². The van der Waals surface area contributed by atoms with Gasteiger partial charge in [-0.15, -0.1) is 0 Å². The summed E-state index contributed by atoms with van der Waals surface area (Å²) < 4.78 is 29.0. The van der Waals surface area contributed by atoms with E-state index in [1.165, 1.54) is 13.0 Å². The predicted molar refractivity (Wildman–Crippen MR) is 123 cm³/mol. The van der Waals surface area contributed by atoms with Crippen molar-refractivity contribution >= 4 is 17.5 Å². The van der Waals surface area contributed by atoms with E-state index in [4.69, 9.17) is 5.11 Å². The van der Waals surface area contributed by atoms with Crippen molar-refractivity contribution in [2.75, 3.05) is 23.7 Å². The number of carboxylic acids is 1. The first kappa shape index (κ1) is 22.7. The highest BCUT2D eigenvalue weighted by molar-refractivity contribution is 5.70. The Kier molecular flexibility index (Phi) is 6.84. The maximum absolute atomic E-state index is 14.7. The number of aromatic nitrogens is 1. The molecular formula is C25H26F2N4O2. The fraction of sp³-hybridized carbons (Fsp3) is 0.280. The number of benzene rings is 2. The summed E-state index contributed by atoms with van der Waals surface area (Å²) in [7, 11) is 0. The zero-order valence-electron chi connectivity index (χ0n) is 18.2. The summed E-state index contributed by atoms with van der Waals surface area (Å²) in [5.74, 6) is -1.81. The molecule has 1 aromatic heterocycles. The van der Waals surface area contributed by atoms with Gasteiger partial charge in [0, 0.05) is 18.3 Å². The molecule has 1 aliphatic heterocycles. The highest BCUT2D eigenvalue weighted by Gasteiger charge is 2.27. The molecule has 0 unspecified atom stereocenters. The molecule has 0 fully saturated rings. The van der Waals surface area contributed by atoms with Crippen LogP contribution in [0.1, 0.15) is 28.3 Å². The quantitative estimate of drug-likeness (QED) is 0.412. The molecule has 0 radical (unpaired) electrons. The number of aliphatic carboxylic acids is 1. The number of fused-ring (bicyclic) bond motifs is 1. The summed E-state index contributed by atoms with van der Waals surface area (Å²) >= 11 is 0. The van der Waals surface area contributed by atoms with Crippen molar-refractivity contribution in [3.05, 3.63) is 88.6 Å². The smallest absolute Gasteiger partial charge is 0.307 e. The van der Waals surface area contributed by atoms with Crippen LogP contribution in [0.25, 0.3) is 0 Å². The Labute approximate surface area is 191 Å². The average Bonchev–Trinajstić information content (AvgIpc) is 2.83. The van der Waals surface area contributed by atoms with Crippen molar-refractivity contribution in [1.82, 2.24) is 10.3 Å². The molecule has 2 atom stereocenters. The third-order valence-electron chi connectivity index (χ3n) is 5.87. The number of pyridine rings is 1. The molecule has 0 saturated heterocycles. The molecule has 1 aliphatic rings. The molecule has 0 spiro atoms. The number of hydrogen-bond acceptors (Lipinski definition) is 5. The van der Waals surface area contributed by atoms with Crippen LogP contribution in [0.2, 0.25) is 0 Å². The normalized spacial score (nSPS) is 15.8. The number of hydrogen-bond donors (Lipinski definition) is 4. The zero-order chi connectivity index (χ0) is 23.4. The van der Waals surface area contributed by atoms with Gasteiger partial charge in [-0.05, 0) is 54.8 Å². The second kappa shape index (κ2) is 9.95. The summed E-state index contributed by atoms with van der Waals surface area (Å²) in [4.78, 5) is 15.5. The maximum atomic E-state index is 14.7. The van der Waals surface area contributed by atoms with E-state index < -0.39 is 24.0 Å². The van der Waals surface area contributed by atoms with Gasteiger partial charge in [0.05, 0.1) is 24.2 Å². The van der Waals surface area contributed by atoms with Gasteiger partial charge in [0.25, 0.3) is 0 Å². The number of nitrogens with one attached hydrogen (secondary N) is 3. The van der Waals surface area contributed by atoms with Crippen LogP contribution in [0, 0.1) is 18.6 Å². The molecule has 4 N–H and O–H groups in total. The SMILES string of the molecule is Cc1c(F)c(CCN[C@H](c2ccccc2)[C@H]2CNc3cccnc3N2)cc(CC(=O)O)c1F. The third-order valence-corrected chi connectivity index (χ3v) is 5.87. The molecule has 0 saturated carbocycles. The minimum Gasteiger partial charge on any atom is -0.481 e. The summed E-state index contributed by atoms with van der Waals surface area (Å²) in [6, 6.07) is 15.0. The van der Waals surface area contributed by atoms with Crippen LogP contribution in [0.15, 0.2) is 54.7 Å². The average molecular weight is 453 g/mol. The Hall–Kier alpha value is -3.52. The van der Waals surface area contributed by atoms with Crippen molar-refractivity contribution < 1.29 is 18.7 Å². The Balaban J connectivity index is 1.52. The molecule has 33 heavy (non-hydrogen) atoms. The van der Waals surface area contributed by atoms with Crippen LogP contribution in [0.3, 0.4) is 0 Å². The number of anilines is 2. The first-order chi connectivity index (χ1) is 15.9. The first-order valence-corrected chi connectivity index (χ1v) is 10.9. The molecule has 4 rings (SSSR count). The molecule has 172 valence electrons. The van der Waals surface area contributed by atoms with Gasteiger partial charge < -0.3 is 21.1 Å². The number of carboxylic acid groups (broad SMARTS) is 1. The van der Waals surface area contributed by atoms with Gasteiger partial charge in [-0.3, -0.25) is 4.79 Å². The van der Waals surface area contributed by atoms with Crippen molar-refractivity contribution in [2.45, 2.75) is 31.8 Å². The summed E-state index contributed by atoms with van der Waals surface area (Å²) in [5.41, 5.74) is 2.15. The molecular weight excluding hydrogens is 426 g/mol. The molecule has 0 bridgehead atoms. The molecule has 0 aliphatic carbocycles. The Morgan fingerprint density at radius 1 is 1.18 bits per heavy atom. The van der Waals surface area contributed by atoms with Crippen LogP contribution in [-0.2, 0) is 17.6 Å². The van der Waals surface area contributed by atoms with Crippen molar-refractivity contribution in [3.63, 3.8) is 0 Å². The van der Waals surface area contributed by atoms with Gasteiger partial charge in [0.2, 0.25) is 0 Å². The minimum absolute atomic E-state index is 0.00293. The lowest BCUT2D eigenvalue weighted by molar-refractivity contribution is -0.136. The van der Waals surface area contributed by atoms with E-state index in [1.54, 1.807) is 6.20 Å². The highest BCUT2D eigenvalue weighted by atomic mass is 19.1. The van der Waals surface area contributed by atoms with E-state index in [0.29, 0.717) is 18.7 Å². The summed E-state index contributed by atoms with van der Waals surface area (Å²) in [6.07, 6.45) is 1.54.